The zero-order valence-corrected chi connectivity index (χ0v) is 15.4. The highest BCUT2D eigenvalue weighted by Gasteiger charge is 2.38. The molecule has 0 aliphatic heterocycles. The van der Waals surface area contributed by atoms with Gasteiger partial charge in [0.25, 0.3) is 0 Å². The molecule has 5 heteroatoms. The van der Waals surface area contributed by atoms with E-state index in [0.717, 1.165) is 16.7 Å². The van der Waals surface area contributed by atoms with Gasteiger partial charge in [0.1, 0.15) is 5.60 Å². The maximum absolute atomic E-state index is 11.0. The van der Waals surface area contributed by atoms with Crippen molar-refractivity contribution in [3.8, 4) is 0 Å². The molecule has 1 amide bonds. The molecule has 144 valence electrons. The molecule has 3 N–H and O–H groups in total. The molecule has 0 saturated carbocycles. The SMILES string of the molecule is O=C(O)NC(CO)COC(c1ccccc1)(c1ccccc1)c1ccccc1. The van der Waals surface area contributed by atoms with Crippen molar-refractivity contribution >= 4 is 6.09 Å². The Labute approximate surface area is 164 Å². The minimum Gasteiger partial charge on any atom is -0.465 e. The van der Waals surface area contributed by atoms with E-state index in [9.17, 15) is 9.90 Å². The minimum absolute atomic E-state index is 0.00147. The number of carbonyl (C=O) groups is 1. The average Bonchev–Trinajstić information content (AvgIpc) is 2.75. The van der Waals surface area contributed by atoms with Gasteiger partial charge < -0.3 is 20.3 Å². The molecule has 0 aromatic heterocycles. The predicted octanol–water partition coefficient (Wildman–Crippen LogP) is 3.62. The molecule has 0 bridgehead atoms. The number of aliphatic hydroxyl groups is 1. The molecule has 0 aliphatic carbocycles. The third kappa shape index (κ3) is 4.22. The van der Waals surface area contributed by atoms with Crippen molar-refractivity contribution < 1.29 is 19.7 Å². The van der Waals surface area contributed by atoms with Gasteiger partial charge in [-0.15, -0.1) is 0 Å². The molecule has 1 atom stereocenters. The lowest BCUT2D eigenvalue weighted by Gasteiger charge is -2.37. The second-order valence-electron chi connectivity index (χ2n) is 6.42. The highest BCUT2D eigenvalue weighted by Crippen LogP contribution is 2.40. The molecule has 0 heterocycles. The van der Waals surface area contributed by atoms with Crippen molar-refractivity contribution in [2.75, 3.05) is 13.2 Å². The van der Waals surface area contributed by atoms with E-state index in [1.165, 1.54) is 0 Å². The van der Waals surface area contributed by atoms with Crippen LogP contribution in [0.3, 0.4) is 0 Å². The van der Waals surface area contributed by atoms with Crippen LogP contribution in [0.5, 0.6) is 0 Å². The lowest BCUT2D eigenvalue weighted by Crippen LogP contribution is -2.43. The third-order valence-corrected chi connectivity index (χ3v) is 4.59. The summed E-state index contributed by atoms with van der Waals surface area (Å²) in [7, 11) is 0. The first kappa shape index (κ1) is 19.6. The number of nitrogens with one attached hydrogen (secondary N) is 1. The summed E-state index contributed by atoms with van der Waals surface area (Å²) in [6.07, 6.45) is -1.20. The zero-order valence-electron chi connectivity index (χ0n) is 15.4. The highest BCUT2D eigenvalue weighted by atomic mass is 16.5. The monoisotopic (exact) mass is 377 g/mol. The summed E-state index contributed by atoms with van der Waals surface area (Å²) in [6.45, 7) is -0.359. The van der Waals surface area contributed by atoms with Gasteiger partial charge in [-0.3, -0.25) is 0 Å². The molecular weight excluding hydrogens is 354 g/mol. The van der Waals surface area contributed by atoms with Crippen molar-refractivity contribution in [1.82, 2.24) is 5.32 Å². The molecule has 1 unspecified atom stereocenters. The van der Waals surface area contributed by atoms with E-state index in [1.54, 1.807) is 0 Å². The molecule has 5 nitrogen and oxygen atoms in total. The van der Waals surface area contributed by atoms with Gasteiger partial charge in [-0.2, -0.15) is 0 Å². The van der Waals surface area contributed by atoms with Gasteiger partial charge in [-0.05, 0) is 16.7 Å². The molecule has 3 aromatic carbocycles. The topological polar surface area (TPSA) is 78.8 Å². The molecule has 3 rings (SSSR count). The van der Waals surface area contributed by atoms with Crippen LogP contribution in [0.2, 0.25) is 0 Å². The van der Waals surface area contributed by atoms with E-state index < -0.39 is 17.7 Å². The summed E-state index contributed by atoms with van der Waals surface area (Å²) < 4.78 is 6.46. The van der Waals surface area contributed by atoms with Crippen LogP contribution in [0.25, 0.3) is 0 Å². The molecule has 0 fully saturated rings. The Morgan fingerprint density at radius 1 is 0.821 bits per heavy atom. The van der Waals surface area contributed by atoms with Crippen LogP contribution in [0.15, 0.2) is 91.0 Å². The smallest absolute Gasteiger partial charge is 0.405 e. The van der Waals surface area contributed by atoms with Crippen molar-refractivity contribution in [2.24, 2.45) is 0 Å². The van der Waals surface area contributed by atoms with Gasteiger partial charge in [0.2, 0.25) is 0 Å². The zero-order chi connectivity index (χ0) is 19.8. The Balaban J connectivity index is 2.12. The Hall–Kier alpha value is -3.15. The van der Waals surface area contributed by atoms with Crippen LogP contribution in [-0.4, -0.2) is 35.6 Å². The number of rotatable bonds is 8. The van der Waals surface area contributed by atoms with Crippen molar-refractivity contribution in [3.63, 3.8) is 0 Å². The summed E-state index contributed by atoms with van der Waals surface area (Å²) in [5, 5.41) is 20.9. The van der Waals surface area contributed by atoms with E-state index >= 15 is 0 Å². The summed E-state index contributed by atoms with van der Waals surface area (Å²) >= 11 is 0. The van der Waals surface area contributed by atoms with E-state index in [4.69, 9.17) is 9.84 Å². The van der Waals surface area contributed by atoms with Crippen LogP contribution in [0.1, 0.15) is 16.7 Å². The highest BCUT2D eigenvalue weighted by molar-refractivity contribution is 5.64. The second-order valence-corrected chi connectivity index (χ2v) is 6.42. The van der Waals surface area contributed by atoms with Crippen molar-refractivity contribution in [1.29, 1.82) is 0 Å². The lowest BCUT2D eigenvalue weighted by atomic mass is 9.80. The van der Waals surface area contributed by atoms with Gasteiger partial charge in [-0.1, -0.05) is 91.0 Å². The van der Waals surface area contributed by atoms with Gasteiger partial charge in [0, 0.05) is 0 Å². The molecule has 0 radical (unpaired) electrons. The molecule has 0 spiro atoms. The number of ether oxygens (including phenoxy) is 1. The Kier molecular flexibility index (Phi) is 6.42. The number of aliphatic hydroxyl groups excluding tert-OH is 1. The first-order valence-electron chi connectivity index (χ1n) is 9.07. The van der Waals surface area contributed by atoms with E-state index in [1.807, 2.05) is 91.0 Å². The Bertz CT molecular complexity index is 772. The fourth-order valence-corrected chi connectivity index (χ4v) is 3.31. The van der Waals surface area contributed by atoms with Crippen LogP contribution in [0.4, 0.5) is 4.79 Å². The number of benzene rings is 3. The van der Waals surface area contributed by atoms with Crippen molar-refractivity contribution in [2.45, 2.75) is 11.6 Å². The summed E-state index contributed by atoms with van der Waals surface area (Å²) in [5.41, 5.74) is 1.80. The first-order chi connectivity index (χ1) is 13.7. The standard InChI is InChI=1S/C23H23NO4/c25-16-21(24-22(26)27)17-28-23(18-10-4-1-5-11-18,19-12-6-2-7-13-19)20-14-8-3-9-15-20/h1-15,21,24-25H,16-17H2,(H,26,27). The van der Waals surface area contributed by atoms with Gasteiger partial charge in [0.05, 0.1) is 19.3 Å². The molecule has 28 heavy (non-hydrogen) atoms. The quantitative estimate of drug-likeness (QED) is 0.524. The van der Waals surface area contributed by atoms with Crippen molar-refractivity contribution in [3.05, 3.63) is 108 Å². The average molecular weight is 377 g/mol. The van der Waals surface area contributed by atoms with Gasteiger partial charge in [0.15, 0.2) is 0 Å². The second kappa shape index (κ2) is 9.17. The van der Waals surface area contributed by atoms with Crippen LogP contribution in [-0.2, 0) is 10.3 Å². The molecule has 3 aromatic rings. The molecular formula is C23H23NO4. The van der Waals surface area contributed by atoms with Gasteiger partial charge >= 0.3 is 6.09 Å². The first-order valence-corrected chi connectivity index (χ1v) is 9.07. The fourth-order valence-electron chi connectivity index (χ4n) is 3.31. The van der Waals surface area contributed by atoms with E-state index in [-0.39, 0.29) is 13.2 Å². The Morgan fingerprint density at radius 3 is 1.54 bits per heavy atom. The summed E-state index contributed by atoms with van der Waals surface area (Å²) in [4.78, 5) is 11.0. The minimum atomic E-state index is -1.20. The van der Waals surface area contributed by atoms with Crippen LogP contribution in [0, 0.1) is 0 Å². The summed E-state index contributed by atoms with van der Waals surface area (Å²) in [6, 6.07) is 28.6. The normalized spacial score (nSPS) is 12.3. The largest absolute Gasteiger partial charge is 0.465 e. The maximum Gasteiger partial charge on any atom is 0.405 e. The van der Waals surface area contributed by atoms with Crippen LogP contribution >= 0.6 is 0 Å². The van der Waals surface area contributed by atoms with E-state index in [2.05, 4.69) is 5.32 Å². The fraction of sp³-hybridized carbons (Fsp3) is 0.174. The number of hydrogen-bond donors (Lipinski definition) is 3. The third-order valence-electron chi connectivity index (χ3n) is 4.59. The lowest BCUT2D eigenvalue weighted by molar-refractivity contribution is -0.00730. The maximum atomic E-state index is 11.0. The number of hydrogen-bond acceptors (Lipinski definition) is 3. The van der Waals surface area contributed by atoms with Gasteiger partial charge in [-0.25, -0.2) is 4.79 Å². The van der Waals surface area contributed by atoms with E-state index in [0.29, 0.717) is 0 Å². The number of amides is 1. The predicted molar refractivity (Wildman–Crippen MR) is 107 cm³/mol. The summed E-state index contributed by atoms with van der Waals surface area (Å²) in [5.74, 6) is 0. The van der Waals surface area contributed by atoms with Crippen LogP contribution < -0.4 is 5.32 Å². The molecule has 0 aliphatic rings. The Morgan fingerprint density at radius 2 is 1.21 bits per heavy atom. The number of carboxylic acid groups (broad SMARTS) is 1. The molecule has 0 saturated heterocycles.